The fourth-order valence-corrected chi connectivity index (χ4v) is 5.46. The number of halogens is 1. The van der Waals surface area contributed by atoms with Gasteiger partial charge in [-0.15, -0.1) is 0 Å². The molecular formula is C26H24FN5O3S2. The number of anilines is 2. The summed E-state index contributed by atoms with van der Waals surface area (Å²) < 4.78 is 47.6. The van der Waals surface area contributed by atoms with Crippen molar-refractivity contribution in [1.29, 1.82) is 0 Å². The first-order chi connectivity index (χ1) is 17.7. The van der Waals surface area contributed by atoms with E-state index in [4.69, 9.17) is 17.0 Å². The molecule has 0 spiro atoms. The third-order valence-electron chi connectivity index (χ3n) is 6.03. The van der Waals surface area contributed by atoms with Crippen molar-refractivity contribution >= 4 is 38.7 Å². The first kappa shape index (κ1) is 24.7. The molecular weight excluding hydrogens is 513 g/mol. The molecule has 4 aromatic rings. The summed E-state index contributed by atoms with van der Waals surface area (Å²) in [4.78, 5) is 6.51. The summed E-state index contributed by atoms with van der Waals surface area (Å²) in [7, 11) is -2.04. The van der Waals surface area contributed by atoms with Crippen molar-refractivity contribution in [2.45, 2.75) is 12.1 Å². The molecule has 2 aromatic heterocycles. The average molecular weight is 538 g/mol. The second kappa shape index (κ2) is 9.83. The highest BCUT2D eigenvalue weighted by atomic mass is 32.2. The maximum Gasteiger partial charge on any atom is 0.229 e. The number of methoxy groups -OCH3 is 1. The molecule has 2 atom stereocenters. The maximum absolute atomic E-state index is 14.1. The minimum atomic E-state index is -3.51. The second-order valence-electron chi connectivity index (χ2n) is 8.54. The molecule has 0 unspecified atom stereocenters. The van der Waals surface area contributed by atoms with Gasteiger partial charge in [-0.1, -0.05) is 12.1 Å². The Morgan fingerprint density at radius 1 is 1.05 bits per heavy atom. The lowest BCUT2D eigenvalue weighted by Crippen LogP contribution is -2.30. The van der Waals surface area contributed by atoms with Gasteiger partial charge in [0, 0.05) is 35.5 Å². The number of nitrogens with zero attached hydrogens (tertiary/aromatic N) is 3. The predicted molar refractivity (Wildman–Crippen MR) is 145 cm³/mol. The standard InChI is InChI=1S/C26H24FN5O3S2/c1-35-23-16-19(11-12-20(23)30-37(2,33)34)32-25(24(29-26(32)36)21-9-3-4-13-28-21)22-10-6-14-31(22)18-8-5-7-17(27)15-18/h3-16,24-25,30H,1-2H3,(H,29,36)/t24-,25+/m0/s1. The first-order valence-electron chi connectivity index (χ1n) is 11.3. The van der Waals surface area contributed by atoms with E-state index >= 15 is 0 Å². The van der Waals surface area contributed by atoms with Crippen molar-refractivity contribution in [2.75, 3.05) is 23.0 Å². The van der Waals surface area contributed by atoms with E-state index in [0.29, 0.717) is 27.9 Å². The molecule has 190 valence electrons. The molecule has 0 amide bonds. The van der Waals surface area contributed by atoms with Gasteiger partial charge in [-0.3, -0.25) is 9.71 Å². The molecule has 11 heteroatoms. The zero-order valence-electron chi connectivity index (χ0n) is 20.0. The van der Waals surface area contributed by atoms with Crippen LogP contribution in [0.5, 0.6) is 5.75 Å². The first-order valence-corrected chi connectivity index (χ1v) is 13.6. The summed E-state index contributed by atoms with van der Waals surface area (Å²) in [5.41, 5.74) is 3.30. The van der Waals surface area contributed by atoms with Gasteiger partial charge in [0.1, 0.15) is 17.6 Å². The lowest BCUT2D eigenvalue weighted by atomic mass is 10.0. The number of pyridine rings is 1. The molecule has 1 fully saturated rings. The van der Waals surface area contributed by atoms with Gasteiger partial charge in [-0.05, 0) is 66.8 Å². The Bertz CT molecular complexity index is 1560. The van der Waals surface area contributed by atoms with E-state index in [1.54, 1.807) is 30.5 Å². The van der Waals surface area contributed by atoms with Crippen molar-refractivity contribution in [3.05, 3.63) is 102 Å². The summed E-state index contributed by atoms with van der Waals surface area (Å²) in [5, 5.41) is 3.85. The van der Waals surface area contributed by atoms with Crippen LogP contribution < -0.4 is 19.7 Å². The number of sulfonamides is 1. The molecule has 1 aliphatic rings. The fraction of sp³-hybridized carbons (Fsp3) is 0.154. The van der Waals surface area contributed by atoms with E-state index in [2.05, 4.69) is 15.0 Å². The molecule has 1 aliphatic heterocycles. The Morgan fingerprint density at radius 2 is 1.89 bits per heavy atom. The molecule has 0 radical (unpaired) electrons. The number of aromatic nitrogens is 2. The molecule has 37 heavy (non-hydrogen) atoms. The fourth-order valence-electron chi connectivity index (χ4n) is 4.54. The normalized spacial score (nSPS) is 17.5. The van der Waals surface area contributed by atoms with E-state index in [-0.39, 0.29) is 17.9 Å². The van der Waals surface area contributed by atoms with Crippen LogP contribution in [0, 0.1) is 5.82 Å². The van der Waals surface area contributed by atoms with Gasteiger partial charge in [-0.25, -0.2) is 12.8 Å². The Balaban J connectivity index is 1.65. The summed E-state index contributed by atoms with van der Waals surface area (Å²) in [6.07, 6.45) is 4.67. The SMILES string of the molecule is COc1cc(N2C(=S)N[C@@H](c3ccccn3)[C@H]2c2cccn2-c2cccc(F)c2)ccc1NS(C)(=O)=O. The molecule has 3 heterocycles. The Labute approximate surface area is 219 Å². The molecule has 5 rings (SSSR count). The lowest BCUT2D eigenvalue weighted by Gasteiger charge is -2.29. The van der Waals surface area contributed by atoms with Crippen LogP contribution in [-0.4, -0.2) is 36.4 Å². The van der Waals surface area contributed by atoms with E-state index in [9.17, 15) is 12.8 Å². The number of benzene rings is 2. The van der Waals surface area contributed by atoms with Crippen LogP contribution in [0.1, 0.15) is 23.5 Å². The van der Waals surface area contributed by atoms with Crippen LogP contribution >= 0.6 is 12.2 Å². The number of rotatable bonds is 7. The maximum atomic E-state index is 14.1. The molecule has 0 saturated carbocycles. The summed E-state index contributed by atoms with van der Waals surface area (Å²) >= 11 is 5.80. The molecule has 2 aromatic carbocycles. The second-order valence-corrected chi connectivity index (χ2v) is 10.7. The number of hydrogen-bond acceptors (Lipinski definition) is 5. The minimum absolute atomic E-state index is 0.313. The number of nitrogens with one attached hydrogen (secondary N) is 2. The zero-order chi connectivity index (χ0) is 26.2. The highest BCUT2D eigenvalue weighted by Gasteiger charge is 2.42. The van der Waals surface area contributed by atoms with Crippen LogP contribution in [0.15, 0.2) is 85.2 Å². The highest BCUT2D eigenvalue weighted by molar-refractivity contribution is 7.92. The van der Waals surface area contributed by atoms with E-state index < -0.39 is 10.0 Å². The third-order valence-corrected chi connectivity index (χ3v) is 6.93. The molecule has 0 aliphatic carbocycles. The molecule has 1 saturated heterocycles. The Morgan fingerprint density at radius 3 is 2.59 bits per heavy atom. The van der Waals surface area contributed by atoms with Gasteiger partial charge >= 0.3 is 0 Å². The average Bonchev–Trinajstić information content (AvgIpc) is 3.48. The van der Waals surface area contributed by atoms with Crippen LogP contribution in [-0.2, 0) is 10.0 Å². The number of thiocarbonyl (C=S) groups is 1. The monoisotopic (exact) mass is 537 g/mol. The summed E-state index contributed by atoms with van der Waals surface area (Å²) in [6.45, 7) is 0. The predicted octanol–water partition coefficient (Wildman–Crippen LogP) is 4.57. The van der Waals surface area contributed by atoms with Gasteiger partial charge in [0.15, 0.2) is 5.11 Å². The largest absolute Gasteiger partial charge is 0.494 e. The van der Waals surface area contributed by atoms with Crippen molar-refractivity contribution in [1.82, 2.24) is 14.9 Å². The van der Waals surface area contributed by atoms with Gasteiger partial charge in [0.25, 0.3) is 0 Å². The Kier molecular flexibility index (Phi) is 6.57. The smallest absolute Gasteiger partial charge is 0.229 e. The summed E-state index contributed by atoms with van der Waals surface area (Å²) in [6, 6.07) is 20.3. The zero-order valence-corrected chi connectivity index (χ0v) is 21.6. The number of hydrogen-bond donors (Lipinski definition) is 2. The van der Waals surface area contributed by atoms with Crippen LogP contribution in [0.25, 0.3) is 5.69 Å². The summed E-state index contributed by atoms with van der Waals surface area (Å²) in [5.74, 6) is 0.000302. The van der Waals surface area contributed by atoms with Crippen LogP contribution in [0.4, 0.5) is 15.8 Å². The van der Waals surface area contributed by atoms with E-state index in [0.717, 1.165) is 17.6 Å². The Hall–Kier alpha value is -3.96. The quantitative estimate of drug-likeness (QED) is 0.334. The lowest BCUT2D eigenvalue weighted by molar-refractivity contribution is 0.417. The van der Waals surface area contributed by atoms with Crippen LogP contribution in [0.3, 0.4) is 0 Å². The van der Waals surface area contributed by atoms with E-state index in [1.165, 1.54) is 19.2 Å². The minimum Gasteiger partial charge on any atom is -0.494 e. The molecule has 0 bridgehead atoms. The van der Waals surface area contributed by atoms with Gasteiger partial charge in [-0.2, -0.15) is 0 Å². The van der Waals surface area contributed by atoms with Crippen molar-refractivity contribution < 1.29 is 17.5 Å². The van der Waals surface area contributed by atoms with Gasteiger partial charge in [0.2, 0.25) is 10.0 Å². The van der Waals surface area contributed by atoms with E-state index in [1.807, 2.05) is 52.1 Å². The number of ether oxygens (including phenoxy) is 1. The van der Waals surface area contributed by atoms with Crippen LogP contribution in [0.2, 0.25) is 0 Å². The van der Waals surface area contributed by atoms with Gasteiger partial charge in [0.05, 0.1) is 30.8 Å². The highest BCUT2D eigenvalue weighted by Crippen LogP contribution is 2.44. The topological polar surface area (TPSA) is 88.5 Å². The third kappa shape index (κ3) is 5.00. The van der Waals surface area contributed by atoms with Crippen molar-refractivity contribution in [3.8, 4) is 11.4 Å². The molecule has 2 N–H and O–H groups in total. The van der Waals surface area contributed by atoms with Crippen molar-refractivity contribution in [3.63, 3.8) is 0 Å². The molecule has 8 nitrogen and oxygen atoms in total. The van der Waals surface area contributed by atoms with Gasteiger partial charge < -0.3 is 19.5 Å². The van der Waals surface area contributed by atoms with Crippen molar-refractivity contribution in [2.24, 2.45) is 0 Å².